The van der Waals surface area contributed by atoms with Crippen LogP contribution in [-0.4, -0.2) is 30.2 Å². The van der Waals surface area contributed by atoms with E-state index < -0.39 is 6.10 Å². The number of hydrogen-bond donors (Lipinski definition) is 3. The number of aliphatic hydroxyl groups is 1. The zero-order chi connectivity index (χ0) is 20.7. The smallest absolute Gasteiger partial charge is 0.220 e. The van der Waals surface area contributed by atoms with Crippen molar-refractivity contribution < 1.29 is 9.90 Å². The molecule has 0 fully saturated rings. The molecule has 0 saturated carbocycles. The third kappa shape index (κ3) is 8.02. The first-order chi connectivity index (χ1) is 12.5. The van der Waals surface area contributed by atoms with Gasteiger partial charge in [-0.3, -0.25) is 4.79 Å². The fraction of sp³-hybridized carbons (Fsp3) is 0.696. The number of hydrogen-bond acceptors (Lipinski definition) is 3. The minimum absolute atomic E-state index is 0.0334. The Morgan fingerprint density at radius 3 is 2.07 bits per heavy atom. The highest BCUT2D eigenvalue weighted by Crippen LogP contribution is 2.39. The predicted octanol–water partition coefficient (Wildman–Crippen LogP) is 3.77. The van der Waals surface area contributed by atoms with Gasteiger partial charge in [0.1, 0.15) is 0 Å². The molecule has 1 aromatic rings. The van der Waals surface area contributed by atoms with Crippen molar-refractivity contribution in [2.24, 2.45) is 28.4 Å². The van der Waals surface area contributed by atoms with Gasteiger partial charge >= 0.3 is 0 Å². The lowest BCUT2D eigenvalue weighted by Gasteiger charge is -2.43. The largest absolute Gasteiger partial charge is 0.392 e. The van der Waals surface area contributed by atoms with E-state index in [1.165, 1.54) is 0 Å². The lowest BCUT2D eigenvalue weighted by Crippen LogP contribution is -2.48. The summed E-state index contributed by atoms with van der Waals surface area (Å²) in [4.78, 5) is 12.4. The lowest BCUT2D eigenvalue weighted by molar-refractivity contribution is -0.122. The Morgan fingerprint density at radius 1 is 1.04 bits per heavy atom. The molecule has 0 bridgehead atoms. The van der Waals surface area contributed by atoms with Gasteiger partial charge < -0.3 is 16.2 Å². The second-order valence-corrected chi connectivity index (χ2v) is 9.80. The van der Waals surface area contributed by atoms with Gasteiger partial charge in [0.15, 0.2) is 0 Å². The monoisotopic (exact) mass is 376 g/mol. The molecule has 0 radical (unpaired) electrons. The summed E-state index contributed by atoms with van der Waals surface area (Å²) in [5.74, 6) is 0.0910. The SMILES string of the molecule is CC(C)(C)C(CCN)C(O)C(CNC(=O)CCc1ccccc1)C(C)(C)C. The molecule has 1 rings (SSSR count). The first-order valence-corrected chi connectivity index (χ1v) is 10.2. The molecule has 27 heavy (non-hydrogen) atoms. The summed E-state index contributed by atoms with van der Waals surface area (Å²) in [6.45, 7) is 13.9. The Morgan fingerprint density at radius 2 is 1.59 bits per heavy atom. The van der Waals surface area contributed by atoms with Crippen molar-refractivity contribution in [1.29, 1.82) is 0 Å². The Balaban J connectivity index is 2.72. The second-order valence-electron chi connectivity index (χ2n) is 9.80. The number of benzene rings is 1. The van der Waals surface area contributed by atoms with Crippen molar-refractivity contribution in [3.05, 3.63) is 35.9 Å². The number of nitrogens with two attached hydrogens (primary N) is 1. The summed E-state index contributed by atoms with van der Waals surface area (Å²) in [7, 11) is 0. The van der Waals surface area contributed by atoms with Gasteiger partial charge in [-0.1, -0.05) is 71.9 Å². The molecule has 3 atom stereocenters. The van der Waals surface area contributed by atoms with Crippen LogP contribution in [0.3, 0.4) is 0 Å². The molecule has 4 N–H and O–H groups in total. The summed E-state index contributed by atoms with van der Waals surface area (Å²) in [5, 5.41) is 14.2. The van der Waals surface area contributed by atoms with Crippen molar-refractivity contribution in [1.82, 2.24) is 5.32 Å². The van der Waals surface area contributed by atoms with E-state index in [-0.39, 0.29) is 28.6 Å². The number of carbonyl (C=O) groups excluding carboxylic acids is 1. The van der Waals surface area contributed by atoms with Crippen molar-refractivity contribution in [2.75, 3.05) is 13.1 Å². The van der Waals surface area contributed by atoms with Crippen molar-refractivity contribution in [3.8, 4) is 0 Å². The number of rotatable bonds is 9. The van der Waals surface area contributed by atoms with Crippen LogP contribution in [0.2, 0.25) is 0 Å². The third-order valence-electron chi connectivity index (χ3n) is 5.53. The minimum Gasteiger partial charge on any atom is -0.392 e. The van der Waals surface area contributed by atoms with Gasteiger partial charge in [0.2, 0.25) is 5.91 Å². The average molecular weight is 377 g/mol. The van der Waals surface area contributed by atoms with Crippen molar-refractivity contribution >= 4 is 5.91 Å². The summed E-state index contributed by atoms with van der Waals surface area (Å²) in [6.07, 6.45) is 1.46. The predicted molar refractivity (Wildman–Crippen MR) is 113 cm³/mol. The highest BCUT2D eigenvalue weighted by Gasteiger charge is 2.40. The van der Waals surface area contributed by atoms with E-state index in [1.54, 1.807) is 0 Å². The summed E-state index contributed by atoms with van der Waals surface area (Å²) < 4.78 is 0. The lowest BCUT2D eigenvalue weighted by atomic mass is 9.66. The van der Waals surface area contributed by atoms with Gasteiger partial charge in [-0.25, -0.2) is 0 Å². The second kappa shape index (κ2) is 10.2. The van der Waals surface area contributed by atoms with E-state index in [0.29, 0.717) is 19.5 Å². The molecule has 1 aromatic carbocycles. The van der Waals surface area contributed by atoms with Gasteiger partial charge in [-0.2, -0.15) is 0 Å². The first kappa shape index (κ1) is 23.6. The molecule has 0 aliphatic rings. The fourth-order valence-electron chi connectivity index (χ4n) is 3.73. The van der Waals surface area contributed by atoms with Crippen LogP contribution in [-0.2, 0) is 11.2 Å². The normalized spacial score (nSPS) is 15.9. The standard InChI is InChI=1S/C23H40N2O2/c1-22(2,3)18(14-15-24)21(27)19(23(4,5)6)16-25-20(26)13-12-17-10-8-7-9-11-17/h7-11,18-19,21,27H,12-16,24H2,1-6H3,(H,25,26). The topological polar surface area (TPSA) is 75.3 Å². The number of aliphatic hydroxyl groups excluding tert-OH is 1. The molecule has 0 aromatic heterocycles. The molecule has 0 heterocycles. The van der Waals surface area contributed by atoms with Gasteiger partial charge in [0.05, 0.1) is 6.10 Å². The number of carbonyl (C=O) groups is 1. The molecule has 3 unspecified atom stereocenters. The summed E-state index contributed by atoms with van der Waals surface area (Å²) in [5.41, 5.74) is 6.81. The van der Waals surface area contributed by atoms with Gasteiger partial charge in [0.25, 0.3) is 0 Å². The van der Waals surface area contributed by atoms with Crippen LogP contribution in [0.1, 0.15) is 59.9 Å². The number of nitrogens with one attached hydrogen (secondary N) is 1. The quantitative estimate of drug-likeness (QED) is 0.614. The van der Waals surface area contributed by atoms with Gasteiger partial charge in [0, 0.05) is 18.9 Å². The maximum absolute atomic E-state index is 12.4. The maximum Gasteiger partial charge on any atom is 0.220 e. The van der Waals surface area contributed by atoms with Gasteiger partial charge in [-0.15, -0.1) is 0 Å². The first-order valence-electron chi connectivity index (χ1n) is 10.2. The third-order valence-corrected chi connectivity index (χ3v) is 5.53. The van der Waals surface area contributed by atoms with Crippen LogP contribution in [0.15, 0.2) is 30.3 Å². The van der Waals surface area contributed by atoms with E-state index >= 15 is 0 Å². The van der Waals surface area contributed by atoms with Crippen molar-refractivity contribution in [2.45, 2.75) is 66.9 Å². The Kier molecular flexibility index (Phi) is 8.97. The zero-order valence-electron chi connectivity index (χ0n) is 18.1. The number of amides is 1. The van der Waals surface area contributed by atoms with E-state index in [2.05, 4.69) is 46.9 Å². The van der Waals surface area contributed by atoms with Crippen molar-refractivity contribution in [3.63, 3.8) is 0 Å². The Labute approximate surface area is 165 Å². The van der Waals surface area contributed by atoms with E-state index in [4.69, 9.17) is 5.73 Å². The van der Waals surface area contributed by atoms with Crippen LogP contribution < -0.4 is 11.1 Å². The zero-order valence-corrected chi connectivity index (χ0v) is 18.1. The van der Waals surface area contributed by atoms with Gasteiger partial charge in [-0.05, 0) is 41.7 Å². The highest BCUT2D eigenvalue weighted by molar-refractivity contribution is 5.76. The minimum atomic E-state index is -0.511. The summed E-state index contributed by atoms with van der Waals surface area (Å²) in [6, 6.07) is 10.0. The van der Waals surface area contributed by atoms with Crippen LogP contribution in [0, 0.1) is 22.7 Å². The molecule has 0 aliphatic carbocycles. The highest BCUT2D eigenvalue weighted by atomic mass is 16.3. The van der Waals surface area contributed by atoms with Crippen LogP contribution in [0.4, 0.5) is 0 Å². The Bertz CT molecular complexity index is 558. The Hall–Kier alpha value is -1.39. The van der Waals surface area contributed by atoms with E-state index in [9.17, 15) is 9.90 Å². The molecule has 0 spiro atoms. The summed E-state index contributed by atoms with van der Waals surface area (Å²) >= 11 is 0. The molecule has 0 aliphatic heterocycles. The molecule has 154 valence electrons. The van der Waals surface area contributed by atoms with E-state index in [0.717, 1.165) is 18.4 Å². The van der Waals surface area contributed by atoms with E-state index in [1.807, 2.05) is 30.3 Å². The van der Waals surface area contributed by atoms with Crippen LogP contribution in [0.25, 0.3) is 0 Å². The molecule has 1 amide bonds. The molecular weight excluding hydrogens is 336 g/mol. The molecule has 4 nitrogen and oxygen atoms in total. The fourth-order valence-corrected chi connectivity index (χ4v) is 3.73. The molecule has 0 saturated heterocycles. The van der Waals surface area contributed by atoms with Crippen LogP contribution >= 0.6 is 0 Å². The van der Waals surface area contributed by atoms with Crippen LogP contribution in [0.5, 0.6) is 0 Å². The average Bonchev–Trinajstić information content (AvgIpc) is 2.56. The maximum atomic E-state index is 12.4. The molecular formula is C23H40N2O2. The number of aryl methyl sites for hydroxylation is 1. The molecule has 4 heteroatoms.